The van der Waals surface area contributed by atoms with Crippen molar-refractivity contribution < 1.29 is 14.8 Å². The van der Waals surface area contributed by atoms with Crippen LogP contribution in [0.4, 0.5) is 0 Å². The summed E-state index contributed by atoms with van der Waals surface area (Å²) in [4.78, 5) is 8.81. The van der Waals surface area contributed by atoms with Crippen LogP contribution in [-0.2, 0) is 4.57 Å². The summed E-state index contributed by atoms with van der Waals surface area (Å²) >= 11 is 0. The molecule has 0 rings (SSSR count). The van der Waals surface area contributed by atoms with Gasteiger partial charge in [-0.05, 0) is 6.92 Å². The highest BCUT2D eigenvalue weighted by Crippen LogP contribution is 2.37. The van der Waals surface area contributed by atoms with Crippen LogP contribution in [0.15, 0.2) is 0 Å². The summed E-state index contributed by atoms with van der Waals surface area (Å²) in [6, 6.07) is 0. The molecule has 0 spiro atoms. The maximum Gasteiger partial charge on any atom is 0.252 e. The second kappa shape index (κ2) is 2.62. The molecule has 0 aromatic carbocycles. The Morgan fingerprint density at radius 3 is 2.12 bits per heavy atom. The van der Waals surface area contributed by atoms with E-state index in [1.807, 2.05) is 0 Å². The maximum atomic E-state index is 10.7. The molecule has 8 heavy (non-hydrogen) atoms. The Labute approximate surface area is 49.6 Å². The topological polar surface area (TPSA) is 53.9 Å². The third-order valence-corrected chi connectivity index (χ3v) is 3.05. The lowest BCUT2D eigenvalue weighted by atomic mass is 10.8. The zero-order chi connectivity index (χ0) is 6.78. The van der Waals surface area contributed by atoms with E-state index in [2.05, 4.69) is 0 Å². The van der Waals surface area contributed by atoms with Crippen LogP contribution in [-0.4, -0.2) is 24.4 Å². The van der Waals surface area contributed by atoms with Crippen molar-refractivity contribution in [3.8, 4) is 0 Å². The fourth-order valence-corrected chi connectivity index (χ4v) is 0.830. The Kier molecular flexibility index (Phi) is 2.67. The molecule has 0 radical (unpaired) electrons. The van der Waals surface area contributed by atoms with Crippen molar-refractivity contribution in [3.63, 3.8) is 0 Å². The quantitative estimate of drug-likeness (QED) is 0.502. The van der Waals surface area contributed by atoms with Gasteiger partial charge >= 0.3 is 0 Å². The predicted octanol–water partition coefficient (Wildman–Crippen LogP) is -0.574. The molecule has 0 heterocycles. The lowest BCUT2D eigenvalue weighted by Gasteiger charge is -2.09. The lowest BCUT2D eigenvalue weighted by molar-refractivity contribution is -0.640. The standard InChI is InChI=1S/C4H12NO2P/c1-4(5-2)8(3,6)7/h4-5H,1-3H3,(H,6,7)/p+1. The van der Waals surface area contributed by atoms with Crippen LogP contribution in [0, 0.1) is 0 Å². The highest BCUT2D eigenvalue weighted by Gasteiger charge is 2.21. The summed E-state index contributed by atoms with van der Waals surface area (Å²) in [5.41, 5.74) is 0. The monoisotopic (exact) mass is 138 g/mol. The molecule has 3 nitrogen and oxygen atoms in total. The van der Waals surface area contributed by atoms with Gasteiger partial charge in [-0.25, -0.2) is 0 Å². The first-order chi connectivity index (χ1) is 3.48. The largest absolute Gasteiger partial charge is 0.340 e. The Balaban J connectivity index is 3.82. The second-order valence-electron chi connectivity index (χ2n) is 2.02. The number of hydrogen-bond donors (Lipinski definition) is 2. The van der Waals surface area contributed by atoms with Gasteiger partial charge in [0, 0.05) is 6.66 Å². The van der Waals surface area contributed by atoms with Crippen molar-refractivity contribution in [2.75, 3.05) is 13.7 Å². The molecule has 0 aromatic heterocycles. The van der Waals surface area contributed by atoms with E-state index >= 15 is 0 Å². The van der Waals surface area contributed by atoms with Crippen LogP contribution in [0.25, 0.3) is 0 Å². The maximum absolute atomic E-state index is 10.7. The van der Waals surface area contributed by atoms with Gasteiger partial charge in [0.15, 0.2) is 5.78 Å². The molecular formula is C4H13NO2P+. The molecule has 2 atom stereocenters. The zero-order valence-electron chi connectivity index (χ0n) is 5.46. The summed E-state index contributed by atoms with van der Waals surface area (Å²) in [6.45, 7) is 3.11. The van der Waals surface area contributed by atoms with E-state index in [1.165, 1.54) is 6.66 Å². The fraction of sp³-hybridized carbons (Fsp3) is 1.00. The Hall–Kier alpha value is 0.150. The third kappa shape index (κ3) is 2.46. The summed E-state index contributed by atoms with van der Waals surface area (Å²) in [6.07, 6.45) is 0. The van der Waals surface area contributed by atoms with Gasteiger partial charge in [0.1, 0.15) is 0 Å². The van der Waals surface area contributed by atoms with Crippen molar-refractivity contribution in [1.82, 2.24) is 0 Å². The van der Waals surface area contributed by atoms with Crippen LogP contribution in [0.1, 0.15) is 6.92 Å². The summed E-state index contributed by atoms with van der Waals surface area (Å²) in [7, 11) is -1.02. The minimum atomic E-state index is -2.81. The SMILES string of the molecule is C[NH2+]C(C)P(C)(=O)O. The molecule has 0 aliphatic heterocycles. The smallest absolute Gasteiger partial charge is 0.252 e. The normalized spacial score (nSPS) is 22.0. The third-order valence-electron chi connectivity index (χ3n) is 1.24. The first-order valence-corrected chi connectivity index (χ1v) is 4.75. The average Bonchev–Trinajstić information content (AvgIpc) is 1.62. The average molecular weight is 138 g/mol. The molecule has 0 aliphatic carbocycles. The van der Waals surface area contributed by atoms with Crippen molar-refractivity contribution in [2.24, 2.45) is 0 Å². The minimum Gasteiger partial charge on any atom is -0.340 e. The van der Waals surface area contributed by atoms with Crippen molar-refractivity contribution in [3.05, 3.63) is 0 Å². The summed E-state index contributed by atoms with van der Waals surface area (Å²) in [5.74, 6) is -0.164. The molecule has 0 saturated carbocycles. The molecule has 0 fully saturated rings. The Morgan fingerprint density at radius 2 is 2.12 bits per heavy atom. The minimum absolute atomic E-state index is 0.164. The van der Waals surface area contributed by atoms with Gasteiger partial charge in [0.2, 0.25) is 0 Å². The highest BCUT2D eigenvalue weighted by molar-refractivity contribution is 7.57. The highest BCUT2D eigenvalue weighted by atomic mass is 31.2. The lowest BCUT2D eigenvalue weighted by Crippen LogP contribution is -2.84. The molecule has 0 saturated heterocycles. The molecule has 0 amide bonds. The van der Waals surface area contributed by atoms with Crippen LogP contribution in [0.5, 0.6) is 0 Å². The first-order valence-electron chi connectivity index (χ1n) is 2.58. The fourth-order valence-electron chi connectivity index (χ4n) is 0.277. The van der Waals surface area contributed by atoms with E-state index in [-0.39, 0.29) is 5.78 Å². The van der Waals surface area contributed by atoms with Gasteiger partial charge in [0.25, 0.3) is 7.37 Å². The molecule has 0 bridgehead atoms. The summed E-state index contributed by atoms with van der Waals surface area (Å²) < 4.78 is 10.7. The van der Waals surface area contributed by atoms with Crippen molar-refractivity contribution >= 4 is 7.37 Å². The van der Waals surface area contributed by atoms with Crippen LogP contribution >= 0.6 is 7.37 Å². The number of nitrogens with two attached hydrogens (primary N) is 1. The predicted molar refractivity (Wildman–Crippen MR) is 33.1 cm³/mol. The Bertz CT molecular complexity index is 109. The van der Waals surface area contributed by atoms with Gasteiger partial charge < -0.3 is 10.2 Å². The van der Waals surface area contributed by atoms with Gasteiger partial charge in [0.05, 0.1) is 7.05 Å². The molecule has 3 N–H and O–H groups in total. The molecular weight excluding hydrogens is 125 g/mol. The van der Waals surface area contributed by atoms with E-state index in [9.17, 15) is 4.57 Å². The zero-order valence-corrected chi connectivity index (χ0v) is 6.35. The van der Waals surface area contributed by atoms with E-state index in [4.69, 9.17) is 4.89 Å². The van der Waals surface area contributed by atoms with Gasteiger partial charge in [-0.1, -0.05) is 0 Å². The van der Waals surface area contributed by atoms with Crippen LogP contribution in [0.2, 0.25) is 0 Å². The van der Waals surface area contributed by atoms with E-state index < -0.39 is 7.37 Å². The van der Waals surface area contributed by atoms with Crippen molar-refractivity contribution in [1.29, 1.82) is 0 Å². The first kappa shape index (κ1) is 8.15. The van der Waals surface area contributed by atoms with Gasteiger partial charge in [-0.15, -0.1) is 0 Å². The molecule has 0 aromatic rings. The Morgan fingerprint density at radius 1 is 1.75 bits per heavy atom. The molecule has 4 heteroatoms. The van der Waals surface area contributed by atoms with Crippen LogP contribution in [0.3, 0.4) is 0 Å². The number of quaternary nitrogens is 1. The van der Waals surface area contributed by atoms with Crippen LogP contribution < -0.4 is 5.32 Å². The molecule has 0 aliphatic rings. The van der Waals surface area contributed by atoms with E-state index in [1.54, 1.807) is 19.3 Å². The molecule has 2 unspecified atom stereocenters. The second-order valence-corrected chi connectivity index (χ2v) is 4.72. The van der Waals surface area contributed by atoms with Crippen molar-refractivity contribution in [2.45, 2.75) is 12.7 Å². The number of rotatable bonds is 2. The van der Waals surface area contributed by atoms with Gasteiger partial charge in [-0.2, -0.15) is 0 Å². The van der Waals surface area contributed by atoms with Gasteiger partial charge in [-0.3, -0.25) is 4.57 Å². The molecule has 50 valence electrons. The van der Waals surface area contributed by atoms with E-state index in [0.717, 1.165) is 0 Å². The summed E-state index contributed by atoms with van der Waals surface area (Å²) in [5, 5.41) is 1.74. The van der Waals surface area contributed by atoms with E-state index in [0.29, 0.717) is 0 Å². The number of hydrogen-bond acceptors (Lipinski definition) is 1.